The number of benzene rings is 1. The Morgan fingerprint density at radius 2 is 2.20 bits per heavy atom. The average molecular weight is 270 g/mol. The maximum Gasteiger partial charge on any atom is 0.122 e. The third kappa shape index (κ3) is 2.40. The SMILES string of the molecule is NCC(c1cccnc1)C(O)c1ccc2c(c1)CCO2. The number of rotatable bonds is 4. The monoisotopic (exact) mass is 270 g/mol. The number of ether oxygens (including phenoxy) is 1. The molecule has 4 nitrogen and oxygen atoms in total. The van der Waals surface area contributed by atoms with E-state index < -0.39 is 6.10 Å². The first-order chi connectivity index (χ1) is 9.79. The van der Waals surface area contributed by atoms with Gasteiger partial charge in [0.05, 0.1) is 12.7 Å². The molecule has 0 fully saturated rings. The Hall–Kier alpha value is -1.91. The van der Waals surface area contributed by atoms with Crippen LogP contribution < -0.4 is 10.5 Å². The second kappa shape index (κ2) is 5.61. The van der Waals surface area contributed by atoms with Crippen molar-refractivity contribution in [2.75, 3.05) is 13.2 Å². The van der Waals surface area contributed by atoms with Crippen molar-refractivity contribution in [2.24, 2.45) is 5.73 Å². The van der Waals surface area contributed by atoms with Gasteiger partial charge in [-0.05, 0) is 34.9 Å². The molecule has 2 unspecified atom stereocenters. The maximum absolute atomic E-state index is 10.6. The van der Waals surface area contributed by atoms with Crippen LogP contribution >= 0.6 is 0 Å². The zero-order valence-electron chi connectivity index (χ0n) is 11.2. The molecule has 0 spiro atoms. The molecular formula is C16H18N2O2. The number of pyridine rings is 1. The van der Waals surface area contributed by atoms with E-state index in [0.29, 0.717) is 6.54 Å². The fourth-order valence-corrected chi connectivity index (χ4v) is 2.67. The first-order valence-electron chi connectivity index (χ1n) is 6.83. The molecule has 0 amide bonds. The van der Waals surface area contributed by atoms with Crippen molar-refractivity contribution in [2.45, 2.75) is 18.4 Å². The Kier molecular flexibility index (Phi) is 3.67. The summed E-state index contributed by atoms with van der Waals surface area (Å²) in [6.07, 6.45) is 3.75. The van der Waals surface area contributed by atoms with Crippen molar-refractivity contribution >= 4 is 0 Å². The number of nitrogens with two attached hydrogens (primary N) is 1. The number of aliphatic hydroxyl groups is 1. The maximum atomic E-state index is 10.6. The molecule has 1 aromatic heterocycles. The Labute approximate surface area is 118 Å². The Morgan fingerprint density at radius 3 is 2.95 bits per heavy atom. The third-order valence-electron chi connectivity index (χ3n) is 3.80. The quantitative estimate of drug-likeness (QED) is 0.888. The van der Waals surface area contributed by atoms with Crippen molar-refractivity contribution in [3.05, 3.63) is 59.4 Å². The minimum Gasteiger partial charge on any atom is -0.493 e. The topological polar surface area (TPSA) is 68.4 Å². The van der Waals surface area contributed by atoms with Gasteiger partial charge in [-0.1, -0.05) is 12.1 Å². The van der Waals surface area contributed by atoms with Crippen molar-refractivity contribution < 1.29 is 9.84 Å². The van der Waals surface area contributed by atoms with E-state index in [2.05, 4.69) is 4.98 Å². The van der Waals surface area contributed by atoms with E-state index in [0.717, 1.165) is 35.5 Å². The number of nitrogens with zero attached hydrogens (tertiary/aromatic N) is 1. The summed E-state index contributed by atoms with van der Waals surface area (Å²) >= 11 is 0. The first-order valence-corrected chi connectivity index (χ1v) is 6.83. The molecule has 1 aliphatic heterocycles. The molecule has 1 aliphatic rings. The number of hydrogen-bond donors (Lipinski definition) is 2. The lowest BCUT2D eigenvalue weighted by Crippen LogP contribution is -2.20. The highest BCUT2D eigenvalue weighted by Gasteiger charge is 2.23. The van der Waals surface area contributed by atoms with Gasteiger partial charge in [-0.25, -0.2) is 0 Å². The average Bonchev–Trinajstić information content (AvgIpc) is 2.96. The summed E-state index contributed by atoms with van der Waals surface area (Å²) in [5, 5.41) is 10.6. The fourth-order valence-electron chi connectivity index (χ4n) is 2.67. The molecule has 2 aromatic rings. The van der Waals surface area contributed by atoms with Gasteiger partial charge in [-0.3, -0.25) is 4.98 Å². The molecule has 1 aromatic carbocycles. The second-order valence-corrected chi connectivity index (χ2v) is 5.04. The summed E-state index contributed by atoms with van der Waals surface area (Å²) in [6.45, 7) is 1.10. The molecule has 0 aliphatic carbocycles. The van der Waals surface area contributed by atoms with Crippen LogP contribution in [0.25, 0.3) is 0 Å². The predicted octanol–water partition coefficient (Wildman–Crippen LogP) is 1.79. The summed E-state index contributed by atoms with van der Waals surface area (Å²) in [4.78, 5) is 4.10. The van der Waals surface area contributed by atoms with Crippen molar-refractivity contribution in [1.82, 2.24) is 4.98 Å². The molecule has 104 valence electrons. The van der Waals surface area contributed by atoms with Gasteiger partial charge >= 0.3 is 0 Å². The van der Waals surface area contributed by atoms with Crippen LogP contribution in [0.2, 0.25) is 0 Å². The van der Waals surface area contributed by atoms with Crippen LogP contribution in [0.1, 0.15) is 28.7 Å². The Bertz CT molecular complexity index is 586. The highest BCUT2D eigenvalue weighted by Crippen LogP contribution is 2.33. The zero-order chi connectivity index (χ0) is 13.9. The minimum absolute atomic E-state index is 0.149. The van der Waals surface area contributed by atoms with E-state index in [1.165, 1.54) is 0 Å². The van der Waals surface area contributed by atoms with Gasteiger partial charge in [0.2, 0.25) is 0 Å². The van der Waals surface area contributed by atoms with Gasteiger partial charge in [-0.2, -0.15) is 0 Å². The predicted molar refractivity (Wildman–Crippen MR) is 76.6 cm³/mol. The van der Waals surface area contributed by atoms with Crippen LogP contribution in [-0.2, 0) is 6.42 Å². The van der Waals surface area contributed by atoms with Crippen LogP contribution in [0.5, 0.6) is 5.75 Å². The summed E-state index contributed by atoms with van der Waals surface area (Å²) in [5.74, 6) is 0.774. The molecule has 20 heavy (non-hydrogen) atoms. The lowest BCUT2D eigenvalue weighted by molar-refractivity contribution is 0.147. The summed E-state index contributed by atoms with van der Waals surface area (Å²) in [5.41, 5.74) is 8.84. The number of hydrogen-bond acceptors (Lipinski definition) is 4. The molecule has 0 radical (unpaired) electrons. The van der Waals surface area contributed by atoms with Crippen LogP contribution in [0.15, 0.2) is 42.7 Å². The molecule has 3 N–H and O–H groups in total. The fraction of sp³-hybridized carbons (Fsp3) is 0.312. The lowest BCUT2D eigenvalue weighted by Gasteiger charge is -2.22. The standard InChI is InChI=1S/C16H18N2O2/c17-9-14(13-2-1-6-18-10-13)16(19)12-3-4-15-11(8-12)5-7-20-15/h1-4,6,8,10,14,16,19H,5,7,9,17H2. The van der Waals surface area contributed by atoms with E-state index in [4.69, 9.17) is 10.5 Å². The Balaban J connectivity index is 1.89. The highest BCUT2D eigenvalue weighted by molar-refractivity contribution is 5.41. The molecule has 4 heteroatoms. The van der Waals surface area contributed by atoms with Gasteiger partial charge in [0.15, 0.2) is 0 Å². The van der Waals surface area contributed by atoms with E-state index >= 15 is 0 Å². The van der Waals surface area contributed by atoms with Gasteiger partial charge < -0.3 is 15.6 Å². The van der Waals surface area contributed by atoms with Crippen LogP contribution in [0.4, 0.5) is 0 Å². The van der Waals surface area contributed by atoms with Gasteiger partial charge in [-0.15, -0.1) is 0 Å². The van der Waals surface area contributed by atoms with Crippen LogP contribution in [0, 0.1) is 0 Å². The highest BCUT2D eigenvalue weighted by atomic mass is 16.5. The third-order valence-corrected chi connectivity index (χ3v) is 3.80. The largest absolute Gasteiger partial charge is 0.493 e. The van der Waals surface area contributed by atoms with E-state index in [-0.39, 0.29) is 5.92 Å². The number of aliphatic hydroxyl groups excluding tert-OH is 1. The van der Waals surface area contributed by atoms with Gasteiger partial charge in [0.1, 0.15) is 5.75 Å². The molecular weight excluding hydrogens is 252 g/mol. The Morgan fingerprint density at radius 1 is 1.30 bits per heavy atom. The smallest absolute Gasteiger partial charge is 0.122 e. The van der Waals surface area contributed by atoms with E-state index in [1.807, 2.05) is 30.3 Å². The van der Waals surface area contributed by atoms with Crippen molar-refractivity contribution in [1.29, 1.82) is 0 Å². The normalized spacial score (nSPS) is 16.3. The molecule has 2 heterocycles. The number of fused-ring (bicyclic) bond motifs is 1. The second-order valence-electron chi connectivity index (χ2n) is 5.04. The van der Waals surface area contributed by atoms with E-state index in [1.54, 1.807) is 12.4 Å². The minimum atomic E-state index is -0.630. The summed E-state index contributed by atoms with van der Waals surface area (Å²) < 4.78 is 5.49. The first kappa shape index (κ1) is 13.1. The summed E-state index contributed by atoms with van der Waals surface area (Å²) in [6, 6.07) is 9.67. The zero-order valence-corrected chi connectivity index (χ0v) is 11.2. The summed E-state index contributed by atoms with van der Waals surface area (Å²) in [7, 11) is 0. The number of aromatic nitrogens is 1. The molecule has 0 saturated carbocycles. The van der Waals surface area contributed by atoms with Crippen LogP contribution in [-0.4, -0.2) is 23.2 Å². The van der Waals surface area contributed by atoms with Crippen molar-refractivity contribution in [3.63, 3.8) is 0 Å². The van der Waals surface area contributed by atoms with E-state index in [9.17, 15) is 5.11 Å². The van der Waals surface area contributed by atoms with Gasteiger partial charge in [0.25, 0.3) is 0 Å². The molecule has 0 saturated heterocycles. The lowest BCUT2D eigenvalue weighted by atomic mass is 9.89. The molecule has 3 rings (SSSR count). The van der Waals surface area contributed by atoms with Crippen LogP contribution in [0.3, 0.4) is 0 Å². The molecule has 2 atom stereocenters. The van der Waals surface area contributed by atoms with Gasteiger partial charge in [0, 0.05) is 31.3 Å². The molecule has 0 bridgehead atoms. The van der Waals surface area contributed by atoms with Crippen molar-refractivity contribution in [3.8, 4) is 5.75 Å².